The zero-order valence-corrected chi connectivity index (χ0v) is 12.2. The minimum absolute atomic E-state index is 0.535. The van der Waals surface area contributed by atoms with Crippen molar-refractivity contribution in [1.29, 1.82) is 0 Å². The second kappa shape index (κ2) is 6.73. The van der Waals surface area contributed by atoms with Crippen molar-refractivity contribution in [3.05, 3.63) is 52.3 Å². The predicted octanol–water partition coefficient (Wildman–Crippen LogP) is 3.53. The highest BCUT2D eigenvalue weighted by Gasteiger charge is 2.10. The van der Waals surface area contributed by atoms with Gasteiger partial charge in [-0.15, -0.1) is 0 Å². The van der Waals surface area contributed by atoms with E-state index in [4.69, 9.17) is 16.3 Å². The highest BCUT2D eigenvalue weighted by Crippen LogP contribution is 2.19. The number of halogens is 1. The summed E-state index contributed by atoms with van der Waals surface area (Å²) >= 11 is 6.14. The highest BCUT2D eigenvalue weighted by atomic mass is 35.5. The Kier molecular flexibility index (Phi) is 5.00. The molecule has 0 radical (unpaired) electrons. The Morgan fingerprint density at radius 2 is 2.00 bits per heavy atom. The number of hydrogen-bond acceptors (Lipinski definition) is 2. The van der Waals surface area contributed by atoms with Crippen LogP contribution >= 0.6 is 11.6 Å². The lowest BCUT2D eigenvalue weighted by molar-refractivity contribution is 0.118. The Labute approximate surface area is 119 Å². The first kappa shape index (κ1) is 14.1. The smallest absolute Gasteiger partial charge is 0.132 e. The molecule has 0 amide bonds. The van der Waals surface area contributed by atoms with Gasteiger partial charge in [0.1, 0.15) is 5.15 Å². The summed E-state index contributed by atoms with van der Waals surface area (Å²) in [6, 6.07) is 10.4. The lowest BCUT2D eigenvalue weighted by Gasteiger charge is -2.04. The minimum Gasteiger partial charge on any atom is -0.377 e. The largest absolute Gasteiger partial charge is 0.377 e. The van der Waals surface area contributed by atoms with Crippen molar-refractivity contribution in [1.82, 2.24) is 9.78 Å². The maximum atomic E-state index is 6.14. The van der Waals surface area contributed by atoms with Gasteiger partial charge in [-0.1, -0.05) is 41.9 Å². The van der Waals surface area contributed by atoms with Gasteiger partial charge in [0.2, 0.25) is 0 Å². The summed E-state index contributed by atoms with van der Waals surface area (Å²) in [5.41, 5.74) is 3.28. The number of rotatable bonds is 6. The van der Waals surface area contributed by atoms with Gasteiger partial charge in [0.15, 0.2) is 0 Å². The van der Waals surface area contributed by atoms with Gasteiger partial charge in [-0.3, -0.25) is 4.68 Å². The van der Waals surface area contributed by atoms with Crippen LogP contribution in [0.4, 0.5) is 0 Å². The van der Waals surface area contributed by atoms with E-state index in [1.54, 1.807) is 4.68 Å². The molecule has 0 aliphatic rings. The summed E-state index contributed by atoms with van der Waals surface area (Å²) in [6.45, 7) is 3.22. The molecule has 2 aromatic rings. The van der Waals surface area contributed by atoms with Crippen LogP contribution in [0, 0.1) is 6.92 Å². The van der Waals surface area contributed by atoms with Crippen LogP contribution in [0.2, 0.25) is 5.15 Å². The maximum Gasteiger partial charge on any atom is 0.132 e. The highest BCUT2D eigenvalue weighted by molar-refractivity contribution is 6.30. The molecule has 1 aromatic heterocycles. The normalized spacial score (nSPS) is 10.9. The lowest BCUT2D eigenvalue weighted by atomic mass is 10.1. The van der Waals surface area contributed by atoms with Gasteiger partial charge in [-0.05, 0) is 25.3 Å². The zero-order valence-electron chi connectivity index (χ0n) is 11.4. The van der Waals surface area contributed by atoms with Gasteiger partial charge in [-0.2, -0.15) is 5.10 Å². The van der Waals surface area contributed by atoms with Gasteiger partial charge in [0.05, 0.1) is 12.3 Å². The first-order valence-corrected chi connectivity index (χ1v) is 6.86. The SMILES string of the molecule is Cc1nn(C)c(Cl)c1COCCCc1ccccc1. The minimum atomic E-state index is 0.535. The Hall–Kier alpha value is -1.32. The molecule has 4 heteroatoms. The third-order valence-electron chi connectivity index (χ3n) is 3.11. The van der Waals surface area contributed by atoms with Crippen molar-refractivity contribution in [3.8, 4) is 0 Å². The fourth-order valence-electron chi connectivity index (χ4n) is 2.04. The first-order valence-electron chi connectivity index (χ1n) is 6.48. The Morgan fingerprint density at radius 3 is 2.63 bits per heavy atom. The summed E-state index contributed by atoms with van der Waals surface area (Å²) in [5.74, 6) is 0. The van der Waals surface area contributed by atoms with Crippen molar-refractivity contribution in [2.45, 2.75) is 26.4 Å². The van der Waals surface area contributed by atoms with Crippen LogP contribution in [0.25, 0.3) is 0 Å². The first-order chi connectivity index (χ1) is 9.18. The number of aromatic nitrogens is 2. The average Bonchev–Trinajstić information content (AvgIpc) is 2.65. The Morgan fingerprint density at radius 1 is 1.26 bits per heavy atom. The number of benzene rings is 1. The molecular formula is C15H19ClN2O. The van der Waals surface area contributed by atoms with Crippen LogP contribution in [0.5, 0.6) is 0 Å². The van der Waals surface area contributed by atoms with Gasteiger partial charge in [-0.25, -0.2) is 0 Å². The van der Waals surface area contributed by atoms with Crippen molar-refractivity contribution in [3.63, 3.8) is 0 Å². The molecule has 0 unspecified atom stereocenters. The van der Waals surface area contributed by atoms with Gasteiger partial charge in [0, 0.05) is 19.2 Å². The molecular weight excluding hydrogens is 260 g/mol. The summed E-state index contributed by atoms with van der Waals surface area (Å²) in [5, 5.41) is 4.93. The van der Waals surface area contributed by atoms with Crippen LogP contribution in [-0.2, 0) is 24.8 Å². The van der Waals surface area contributed by atoms with Crippen LogP contribution in [0.3, 0.4) is 0 Å². The van der Waals surface area contributed by atoms with E-state index in [0.29, 0.717) is 11.8 Å². The summed E-state index contributed by atoms with van der Waals surface area (Å²) in [7, 11) is 1.84. The van der Waals surface area contributed by atoms with E-state index < -0.39 is 0 Å². The number of ether oxygens (including phenoxy) is 1. The van der Waals surface area contributed by atoms with Crippen LogP contribution in [-0.4, -0.2) is 16.4 Å². The second-order valence-electron chi connectivity index (χ2n) is 4.62. The van der Waals surface area contributed by atoms with E-state index in [-0.39, 0.29) is 0 Å². The van der Waals surface area contributed by atoms with Crippen LogP contribution < -0.4 is 0 Å². The summed E-state index contributed by atoms with van der Waals surface area (Å²) in [6.07, 6.45) is 2.06. The van der Waals surface area contributed by atoms with Crippen LogP contribution in [0.15, 0.2) is 30.3 Å². The van der Waals surface area contributed by atoms with Gasteiger partial charge in [0.25, 0.3) is 0 Å². The molecule has 102 valence electrons. The van der Waals surface area contributed by atoms with E-state index in [1.807, 2.05) is 20.0 Å². The molecule has 1 aromatic carbocycles. The fraction of sp³-hybridized carbons (Fsp3) is 0.400. The third kappa shape index (κ3) is 3.82. The Balaban J connectivity index is 1.72. The molecule has 0 aliphatic carbocycles. The quantitative estimate of drug-likeness (QED) is 0.756. The molecule has 0 saturated carbocycles. The molecule has 1 heterocycles. The number of aryl methyl sites for hydroxylation is 3. The Bertz CT molecular complexity index is 522. The summed E-state index contributed by atoms with van der Waals surface area (Å²) in [4.78, 5) is 0. The molecule has 2 rings (SSSR count). The molecule has 0 fully saturated rings. The lowest BCUT2D eigenvalue weighted by Crippen LogP contribution is -1.98. The topological polar surface area (TPSA) is 27.1 Å². The van der Waals surface area contributed by atoms with Crippen LogP contribution in [0.1, 0.15) is 23.2 Å². The molecule has 0 bridgehead atoms. The molecule has 0 saturated heterocycles. The molecule has 0 aliphatic heterocycles. The van der Waals surface area contributed by atoms with Crippen molar-refractivity contribution in [2.24, 2.45) is 7.05 Å². The summed E-state index contributed by atoms with van der Waals surface area (Å²) < 4.78 is 7.36. The second-order valence-corrected chi connectivity index (χ2v) is 4.98. The van der Waals surface area contributed by atoms with Crippen molar-refractivity contribution < 1.29 is 4.74 Å². The van der Waals surface area contributed by atoms with E-state index in [9.17, 15) is 0 Å². The molecule has 0 spiro atoms. The predicted molar refractivity (Wildman–Crippen MR) is 77.4 cm³/mol. The van der Waals surface area contributed by atoms with Crippen molar-refractivity contribution >= 4 is 11.6 Å². The number of hydrogen-bond donors (Lipinski definition) is 0. The maximum absolute atomic E-state index is 6.14. The number of nitrogens with zero attached hydrogens (tertiary/aromatic N) is 2. The fourth-order valence-corrected chi connectivity index (χ4v) is 2.26. The van der Waals surface area contributed by atoms with E-state index in [2.05, 4.69) is 29.4 Å². The van der Waals surface area contributed by atoms with E-state index in [0.717, 1.165) is 30.7 Å². The van der Waals surface area contributed by atoms with Gasteiger partial charge >= 0.3 is 0 Å². The standard InChI is InChI=1S/C15H19ClN2O/c1-12-14(15(16)18(2)17-12)11-19-10-6-9-13-7-4-3-5-8-13/h3-5,7-8H,6,9-11H2,1-2H3. The van der Waals surface area contributed by atoms with Gasteiger partial charge < -0.3 is 4.74 Å². The zero-order chi connectivity index (χ0) is 13.7. The van der Waals surface area contributed by atoms with Crippen molar-refractivity contribution in [2.75, 3.05) is 6.61 Å². The third-order valence-corrected chi connectivity index (χ3v) is 3.59. The van der Waals surface area contributed by atoms with E-state index >= 15 is 0 Å². The molecule has 0 atom stereocenters. The molecule has 19 heavy (non-hydrogen) atoms. The average molecular weight is 279 g/mol. The van der Waals surface area contributed by atoms with E-state index in [1.165, 1.54) is 5.56 Å². The monoisotopic (exact) mass is 278 g/mol. The molecule has 0 N–H and O–H groups in total. The molecule has 3 nitrogen and oxygen atoms in total.